The number of hydrogen-bond donors (Lipinski definition) is 0. The van der Waals surface area contributed by atoms with E-state index in [-0.39, 0.29) is 22.1 Å². The maximum Gasteiger partial charge on any atom is 0.153 e. The van der Waals surface area contributed by atoms with Gasteiger partial charge in [-0.05, 0) is 36.4 Å². The van der Waals surface area contributed by atoms with E-state index < -0.39 is 5.82 Å². The molecule has 0 fully saturated rings. The second-order valence-electron chi connectivity index (χ2n) is 3.66. The molecule has 19 heavy (non-hydrogen) atoms. The van der Waals surface area contributed by atoms with Crippen LogP contribution >= 0.6 is 11.6 Å². The predicted octanol–water partition coefficient (Wildman–Crippen LogP) is 3.96. The van der Waals surface area contributed by atoms with Crippen LogP contribution in [0.25, 0.3) is 0 Å². The molecule has 2 rings (SSSR count). The highest BCUT2D eigenvalue weighted by molar-refractivity contribution is 6.32. The second-order valence-corrected chi connectivity index (χ2v) is 4.07. The van der Waals surface area contributed by atoms with E-state index in [4.69, 9.17) is 21.6 Å². The van der Waals surface area contributed by atoms with Crippen LogP contribution in [0.15, 0.2) is 36.4 Å². The number of carbonyl (C=O) groups is 1. The molecule has 0 aliphatic carbocycles. The van der Waals surface area contributed by atoms with Gasteiger partial charge in [-0.2, -0.15) is 5.26 Å². The number of nitriles is 1. The molecule has 0 radical (unpaired) electrons. The van der Waals surface area contributed by atoms with Crippen molar-refractivity contribution in [3.8, 4) is 17.6 Å². The number of carbonyl (C=O) groups excluding carboxylic acids is 1. The molecular weight excluding hydrogens is 269 g/mol. The number of nitrogens with zero attached hydrogens (tertiary/aromatic N) is 1. The maximum atomic E-state index is 12.9. The van der Waals surface area contributed by atoms with E-state index >= 15 is 0 Å². The molecule has 0 spiro atoms. The Morgan fingerprint density at radius 2 is 2.00 bits per heavy atom. The lowest BCUT2D eigenvalue weighted by Crippen LogP contribution is -1.92. The molecule has 5 heteroatoms. The third-order valence-corrected chi connectivity index (χ3v) is 2.68. The summed E-state index contributed by atoms with van der Waals surface area (Å²) >= 11 is 5.83. The van der Waals surface area contributed by atoms with Gasteiger partial charge in [0.05, 0.1) is 22.2 Å². The fraction of sp³-hybridized carbons (Fsp3) is 0. The van der Waals surface area contributed by atoms with E-state index in [1.807, 2.05) is 6.07 Å². The molecule has 0 amide bonds. The van der Waals surface area contributed by atoms with E-state index in [1.165, 1.54) is 30.3 Å². The molecule has 3 nitrogen and oxygen atoms in total. The van der Waals surface area contributed by atoms with Crippen molar-refractivity contribution in [1.29, 1.82) is 5.26 Å². The van der Waals surface area contributed by atoms with Crippen LogP contribution in [0, 0.1) is 17.1 Å². The average Bonchev–Trinajstić information content (AvgIpc) is 2.41. The van der Waals surface area contributed by atoms with Crippen LogP contribution in [0.2, 0.25) is 5.02 Å². The van der Waals surface area contributed by atoms with Gasteiger partial charge >= 0.3 is 0 Å². The Labute approximate surface area is 113 Å². The molecule has 94 valence electrons. The smallest absolute Gasteiger partial charge is 0.153 e. The highest BCUT2D eigenvalue weighted by Gasteiger charge is 2.09. The topological polar surface area (TPSA) is 50.1 Å². The van der Waals surface area contributed by atoms with Gasteiger partial charge in [0.25, 0.3) is 0 Å². The van der Waals surface area contributed by atoms with Crippen molar-refractivity contribution in [2.75, 3.05) is 0 Å². The first-order chi connectivity index (χ1) is 9.13. The molecule has 0 saturated carbocycles. The summed E-state index contributed by atoms with van der Waals surface area (Å²) in [4.78, 5) is 10.9. The molecule has 0 heterocycles. The van der Waals surface area contributed by atoms with Crippen LogP contribution in [-0.4, -0.2) is 6.29 Å². The standard InChI is InChI=1S/C14H7ClFNO2/c15-12-6-11(16)3-4-13(12)19-14-5-9(7-17)1-2-10(14)8-18/h1-6,8H. The molecule has 0 bridgehead atoms. The van der Waals surface area contributed by atoms with Crippen molar-refractivity contribution in [3.05, 3.63) is 58.4 Å². The van der Waals surface area contributed by atoms with Gasteiger partial charge in [-0.25, -0.2) is 4.39 Å². The number of aldehydes is 1. The van der Waals surface area contributed by atoms with E-state index in [2.05, 4.69) is 0 Å². The van der Waals surface area contributed by atoms with Crippen molar-refractivity contribution < 1.29 is 13.9 Å². The summed E-state index contributed by atoms with van der Waals surface area (Å²) in [7, 11) is 0. The van der Waals surface area contributed by atoms with Gasteiger partial charge in [0.15, 0.2) is 6.29 Å². The molecule has 0 aromatic heterocycles. The maximum absolute atomic E-state index is 12.9. The highest BCUT2D eigenvalue weighted by atomic mass is 35.5. The molecule has 0 saturated heterocycles. The van der Waals surface area contributed by atoms with Gasteiger partial charge in [0, 0.05) is 0 Å². The van der Waals surface area contributed by atoms with Crippen LogP contribution in [-0.2, 0) is 0 Å². The molecular formula is C14H7ClFNO2. The van der Waals surface area contributed by atoms with Crippen LogP contribution in [0.3, 0.4) is 0 Å². The van der Waals surface area contributed by atoms with Crippen molar-refractivity contribution in [1.82, 2.24) is 0 Å². The summed E-state index contributed by atoms with van der Waals surface area (Å²) < 4.78 is 18.4. The molecule has 2 aromatic carbocycles. The lowest BCUT2D eigenvalue weighted by Gasteiger charge is -2.09. The summed E-state index contributed by atoms with van der Waals surface area (Å²) in [6.45, 7) is 0. The highest BCUT2D eigenvalue weighted by Crippen LogP contribution is 2.31. The van der Waals surface area contributed by atoms with Crippen LogP contribution < -0.4 is 4.74 Å². The number of hydrogen-bond acceptors (Lipinski definition) is 3. The molecule has 0 N–H and O–H groups in total. The molecule has 0 atom stereocenters. The fourth-order valence-corrected chi connectivity index (χ4v) is 1.67. The summed E-state index contributed by atoms with van der Waals surface area (Å²) in [5.41, 5.74) is 0.623. The minimum atomic E-state index is -0.487. The lowest BCUT2D eigenvalue weighted by atomic mass is 10.1. The van der Waals surface area contributed by atoms with E-state index in [0.717, 1.165) is 6.07 Å². The monoisotopic (exact) mass is 275 g/mol. The number of halogens is 2. The van der Waals surface area contributed by atoms with Gasteiger partial charge < -0.3 is 4.74 Å². The molecule has 2 aromatic rings. The predicted molar refractivity (Wildman–Crippen MR) is 68.0 cm³/mol. The Balaban J connectivity index is 2.42. The third kappa shape index (κ3) is 2.90. The van der Waals surface area contributed by atoms with Gasteiger partial charge in [-0.15, -0.1) is 0 Å². The van der Waals surface area contributed by atoms with Gasteiger partial charge in [-0.3, -0.25) is 4.79 Å². The van der Waals surface area contributed by atoms with Crippen LogP contribution in [0.4, 0.5) is 4.39 Å². The van der Waals surface area contributed by atoms with Crippen molar-refractivity contribution in [2.45, 2.75) is 0 Å². The van der Waals surface area contributed by atoms with E-state index in [0.29, 0.717) is 11.8 Å². The Hall–Kier alpha value is -2.38. The van der Waals surface area contributed by atoms with Gasteiger partial charge in [-0.1, -0.05) is 11.6 Å². The zero-order valence-electron chi connectivity index (χ0n) is 9.56. The SMILES string of the molecule is N#Cc1ccc(C=O)c(Oc2ccc(F)cc2Cl)c1. The quantitative estimate of drug-likeness (QED) is 0.797. The van der Waals surface area contributed by atoms with E-state index in [1.54, 1.807) is 0 Å². The normalized spacial score (nSPS) is 9.74. The van der Waals surface area contributed by atoms with Crippen LogP contribution in [0.5, 0.6) is 11.5 Å². The fourth-order valence-electron chi connectivity index (χ4n) is 1.47. The second kappa shape index (κ2) is 5.51. The number of ether oxygens (including phenoxy) is 1. The van der Waals surface area contributed by atoms with E-state index in [9.17, 15) is 9.18 Å². The summed E-state index contributed by atoms with van der Waals surface area (Å²) in [5, 5.41) is 8.90. The zero-order chi connectivity index (χ0) is 13.8. The Kier molecular flexibility index (Phi) is 3.79. The minimum Gasteiger partial charge on any atom is -0.455 e. The van der Waals surface area contributed by atoms with Crippen LogP contribution in [0.1, 0.15) is 15.9 Å². The first-order valence-corrected chi connectivity index (χ1v) is 5.64. The zero-order valence-corrected chi connectivity index (χ0v) is 10.3. The largest absolute Gasteiger partial charge is 0.455 e. The number of benzene rings is 2. The Morgan fingerprint density at radius 3 is 2.63 bits per heavy atom. The minimum absolute atomic E-state index is 0.0826. The third-order valence-electron chi connectivity index (χ3n) is 2.38. The Morgan fingerprint density at radius 1 is 1.21 bits per heavy atom. The first-order valence-electron chi connectivity index (χ1n) is 5.26. The first kappa shape index (κ1) is 13.1. The van der Waals surface area contributed by atoms with Crippen molar-refractivity contribution in [2.24, 2.45) is 0 Å². The Bertz CT molecular complexity index is 680. The summed E-state index contributed by atoms with van der Waals surface area (Å²) in [6.07, 6.45) is 0.605. The lowest BCUT2D eigenvalue weighted by molar-refractivity contribution is 0.112. The summed E-state index contributed by atoms with van der Waals surface area (Å²) in [6, 6.07) is 9.98. The molecule has 0 aliphatic rings. The average molecular weight is 276 g/mol. The van der Waals surface area contributed by atoms with Crippen molar-refractivity contribution >= 4 is 17.9 Å². The number of rotatable bonds is 3. The summed E-state index contributed by atoms with van der Waals surface area (Å²) in [5.74, 6) is -0.0810. The molecule has 0 aliphatic heterocycles. The van der Waals surface area contributed by atoms with Gasteiger partial charge in [0.2, 0.25) is 0 Å². The molecule has 0 unspecified atom stereocenters. The van der Waals surface area contributed by atoms with Gasteiger partial charge in [0.1, 0.15) is 17.3 Å². The van der Waals surface area contributed by atoms with Crippen molar-refractivity contribution in [3.63, 3.8) is 0 Å².